The average molecular weight is 277 g/mol. The van der Waals surface area contributed by atoms with Crippen molar-refractivity contribution >= 4 is 17.6 Å². The Morgan fingerprint density at radius 3 is 2.25 bits per heavy atom. The highest BCUT2D eigenvalue weighted by Crippen LogP contribution is 2.19. The normalized spacial score (nSPS) is 10.3. The summed E-state index contributed by atoms with van der Waals surface area (Å²) in [4.78, 5) is 24.3. The Bertz CT molecular complexity index is 633. The van der Waals surface area contributed by atoms with Crippen molar-refractivity contribution in [2.45, 2.75) is 6.92 Å². The number of furan rings is 1. The van der Waals surface area contributed by atoms with Crippen molar-refractivity contribution in [3.05, 3.63) is 53.7 Å². The minimum absolute atomic E-state index is 0.0754. The molecule has 104 valence electrons. The Hall–Kier alpha value is -2.63. The van der Waals surface area contributed by atoms with Gasteiger partial charge in [0, 0.05) is 12.2 Å². The molecule has 1 aromatic heterocycles. The maximum atomic E-state index is 12.9. The van der Waals surface area contributed by atoms with Crippen molar-refractivity contribution in [3.8, 4) is 0 Å². The molecule has 0 fully saturated rings. The van der Waals surface area contributed by atoms with Crippen LogP contribution in [-0.4, -0.2) is 23.5 Å². The van der Waals surface area contributed by atoms with E-state index in [-0.39, 0.29) is 11.5 Å². The molecule has 20 heavy (non-hydrogen) atoms. The van der Waals surface area contributed by atoms with Gasteiger partial charge in [0.15, 0.2) is 5.76 Å². The van der Waals surface area contributed by atoms with Crippen molar-refractivity contribution < 1.29 is 23.5 Å². The first-order valence-electron chi connectivity index (χ1n) is 5.93. The lowest BCUT2D eigenvalue weighted by Gasteiger charge is -2.19. The van der Waals surface area contributed by atoms with E-state index in [1.54, 1.807) is 6.92 Å². The second-order valence-corrected chi connectivity index (χ2v) is 3.99. The van der Waals surface area contributed by atoms with Crippen molar-refractivity contribution in [1.82, 2.24) is 0 Å². The summed E-state index contributed by atoms with van der Waals surface area (Å²) in [6, 6.07) is 7.95. The molecule has 0 radical (unpaired) electrons. The maximum Gasteiger partial charge on any atom is 0.371 e. The number of carbonyl (C=O) groups excluding carboxylic acids is 1. The number of rotatable bonds is 4. The molecule has 0 saturated carbocycles. The molecule has 2 aromatic rings. The maximum absolute atomic E-state index is 12.9. The number of carboxylic acids is 1. The van der Waals surface area contributed by atoms with E-state index in [1.807, 2.05) is 0 Å². The molecular formula is C14H12FNO4. The quantitative estimate of drug-likeness (QED) is 0.932. The zero-order chi connectivity index (χ0) is 14.7. The third-order valence-electron chi connectivity index (χ3n) is 2.73. The van der Waals surface area contributed by atoms with Gasteiger partial charge in [-0.05, 0) is 43.3 Å². The first-order valence-corrected chi connectivity index (χ1v) is 5.93. The first kappa shape index (κ1) is 13.8. The van der Waals surface area contributed by atoms with E-state index >= 15 is 0 Å². The number of carboxylic acid groups (broad SMARTS) is 1. The van der Waals surface area contributed by atoms with Gasteiger partial charge >= 0.3 is 5.97 Å². The minimum atomic E-state index is -1.24. The largest absolute Gasteiger partial charge is 0.475 e. The first-order chi connectivity index (χ1) is 9.52. The highest BCUT2D eigenvalue weighted by molar-refractivity contribution is 6.04. The van der Waals surface area contributed by atoms with Crippen LogP contribution in [0.15, 0.2) is 40.8 Å². The van der Waals surface area contributed by atoms with Crippen LogP contribution in [0, 0.1) is 5.82 Å². The van der Waals surface area contributed by atoms with Gasteiger partial charge in [-0.25, -0.2) is 9.18 Å². The molecule has 0 spiro atoms. The summed E-state index contributed by atoms with van der Waals surface area (Å²) in [6.45, 7) is 2.09. The molecule has 0 atom stereocenters. The molecule has 1 aromatic carbocycles. The summed E-state index contributed by atoms with van der Waals surface area (Å²) >= 11 is 0. The molecule has 0 aliphatic heterocycles. The van der Waals surface area contributed by atoms with Crippen molar-refractivity contribution in [2.24, 2.45) is 0 Å². The van der Waals surface area contributed by atoms with Crippen LogP contribution in [0.3, 0.4) is 0 Å². The zero-order valence-corrected chi connectivity index (χ0v) is 10.7. The number of halogens is 1. The van der Waals surface area contributed by atoms with E-state index in [1.165, 1.54) is 41.3 Å². The molecule has 5 nitrogen and oxygen atoms in total. The van der Waals surface area contributed by atoms with Gasteiger partial charge in [0.2, 0.25) is 5.76 Å². The zero-order valence-electron chi connectivity index (χ0n) is 10.7. The molecule has 1 N–H and O–H groups in total. The van der Waals surface area contributed by atoms with Crippen LogP contribution < -0.4 is 4.90 Å². The number of hydrogen-bond donors (Lipinski definition) is 1. The van der Waals surface area contributed by atoms with Gasteiger partial charge in [-0.2, -0.15) is 0 Å². The van der Waals surface area contributed by atoms with Crippen LogP contribution in [0.25, 0.3) is 0 Å². The summed E-state index contributed by atoms with van der Waals surface area (Å²) in [5, 5.41) is 8.76. The lowest BCUT2D eigenvalue weighted by molar-refractivity contribution is 0.0660. The lowest BCUT2D eigenvalue weighted by atomic mass is 10.2. The van der Waals surface area contributed by atoms with Crippen LogP contribution in [0.4, 0.5) is 10.1 Å². The number of amides is 1. The second kappa shape index (κ2) is 5.56. The summed E-state index contributed by atoms with van der Waals surface area (Å²) in [7, 11) is 0. The fourth-order valence-electron chi connectivity index (χ4n) is 1.77. The molecule has 0 aliphatic carbocycles. The van der Waals surface area contributed by atoms with Crippen LogP contribution in [0.1, 0.15) is 28.0 Å². The Balaban J connectivity index is 2.28. The molecule has 0 bridgehead atoms. The Morgan fingerprint density at radius 1 is 1.15 bits per heavy atom. The molecule has 0 aliphatic rings. The molecule has 2 rings (SSSR count). The Morgan fingerprint density at radius 2 is 1.75 bits per heavy atom. The topological polar surface area (TPSA) is 70.8 Å². The molecule has 1 amide bonds. The number of anilines is 1. The molecule has 0 saturated heterocycles. The van der Waals surface area contributed by atoms with Gasteiger partial charge in [0.25, 0.3) is 5.91 Å². The predicted molar refractivity (Wildman–Crippen MR) is 69.4 cm³/mol. The van der Waals surface area contributed by atoms with Crippen LogP contribution >= 0.6 is 0 Å². The van der Waals surface area contributed by atoms with Gasteiger partial charge in [-0.3, -0.25) is 4.79 Å². The van der Waals surface area contributed by atoms with Gasteiger partial charge in [-0.15, -0.1) is 0 Å². The second-order valence-electron chi connectivity index (χ2n) is 3.99. The predicted octanol–water partition coefficient (Wildman–Crippen LogP) is 2.78. The van der Waals surface area contributed by atoms with Crippen molar-refractivity contribution in [2.75, 3.05) is 11.4 Å². The summed E-state index contributed by atoms with van der Waals surface area (Å²) in [5.74, 6) is -2.50. The van der Waals surface area contributed by atoms with Gasteiger partial charge in [0.1, 0.15) is 5.82 Å². The average Bonchev–Trinajstić information content (AvgIpc) is 2.91. The summed E-state index contributed by atoms with van der Waals surface area (Å²) < 4.78 is 17.9. The fraction of sp³-hybridized carbons (Fsp3) is 0.143. The number of aromatic carboxylic acids is 1. The number of nitrogens with zero attached hydrogens (tertiary/aromatic N) is 1. The van der Waals surface area contributed by atoms with Gasteiger partial charge < -0.3 is 14.4 Å². The summed E-state index contributed by atoms with van der Waals surface area (Å²) in [6.07, 6.45) is 0. The van der Waals surface area contributed by atoms with E-state index in [0.29, 0.717) is 12.2 Å². The Labute approximate surface area is 114 Å². The van der Waals surface area contributed by atoms with E-state index < -0.39 is 17.7 Å². The number of benzene rings is 1. The van der Waals surface area contributed by atoms with E-state index in [0.717, 1.165) is 0 Å². The highest BCUT2D eigenvalue weighted by atomic mass is 19.1. The SMILES string of the molecule is CCN(C(=O)c1ccc(C(=O)O)o1)c1ccc(F)cc1. The van der Waals surface area contributed by atoms with Crippen molar-refractivity contribution in [1.29, 1.82) is 0 Å². The molecular weight excluding hydrogens is 265 g/mol. The van der Waals surface area contributed by atoms with Gasteiger partial charge in [-0.1, -0.05) is 0 Å². The molecule has 1 heterocycles. The highest BCUT2D eigenvalue weighted by Gasteiger charge is 2.21. The van der Waals surface area contributed by atoms with E-state index in [2.05, 4.69) is 0 Å². The van der Waals surface area contributed by atoms with Crippen LogP contribution in [-0.2, 0) is 0 Å². The smallest absolute Gasteiger partial charge is 0.371 e. The van der Waals surface area contributed by atoms with E-state index in [4.69, 9.17) is 9.52 Å². The number of carbonyl (C=O) groups is 2. The van der Waals surface area contributed by atoms with Crippen LogP contribution in [0.5, 0.6) is 0 Å². The molecule has 0 unspecified atom stereocenters. The van der Waals surface area contributed by atoms with Crippen LogP contribution in [0.2, 0.25) is 0 Å². The standard InChI is InChI=1S/C14H12FNO4/c1-2-16(10-5-3-9(15)4-6-10)13(17)11-7-8-12(20-11)14(18)19/h3-8H,2H2,1H3,(H,18,19). The third-order valence-corrected chi connectivity index (χ3v) is 2.73. The van der Waals surface area contributed by atoms with Crippen molar-refractivity contribution in [3.63, 3.8) is 0 Å². The Kier molecular flexibility index (Phi) is 3.84. The fourth-order valence-corrected chi connectivity index (χ4v) is 1.77. The summed E-state index contributed by atoms with van der Waals surface area (Å²) in [5.41, 5.74) is 0.507. The third kappa shape index (κ3) is 2.69. The molecule has 6 heteroatoms. The number of hydrogen-bond acceptors (Lipinski definition) is 3. The van der Waals surface area contributed by atoms with E-state index in [9.17, 15) is 14.0 Å². The monoisotopic (exact) mass is 277 g/mol. The van der Waals surface area contributed by atoms with Gasteiger partial charge in [0.05, 0.1) is 0 Å². The lowest BCUT2D eigenvalue weighted by Crippen LogP contribution is -2.30. The minimum Gasteiger partial charge on any atom is -0.475 e.